The van der Waals surface area contributed by atoms with Crippen LogP contribution in [0, 0.1) is 0 Å². The van der Waals surface area contributed by atoms with Gasteiger partial charge in [0.15, 0.2) is 0 Å². The predicted molar refractivity (Wildman–Crippen MR) is 226 cm³/mol. The first-order chi connectivity index (χ1) is 26.8. The van der Waals surface area contributed by atoms with Crippen molar-refractivity contribution < 1.29 is 4.74 Å². The van der Waals surface area contributed by atoms with Gasteiger partial charge in [-0.2, -0.15) is 0 Å². The lowest BCUT2D eigenvalue weighted by molar-refractivity contribution is 0.488. The predicted octanol–water partition coefficient (Wildman–Crippen LogP) is 14.8. The van der Waals surface area contributed by atoms with E-state index >= 15 is 0 Å². The minimum Gasteiger partial charge on any atom is -0.456 e. The van der Waals surface area contributed by atoms with Gasteiger partial charge >= 0.3 is 0 Å². The minimum absolute atomic E-state index is 0.814. The SMILES string of the molecule is c1ccc(-c2ccc(N(c3ccc4c(c3)Oc3cc5ccccc5cc3-c3cccc(-c5ccccc5)c3-4)c3ccccc3-c3ccccc3)cc2)cc1. The van der Waals surface area contributed by atoms with E-state index in [0.717, 1.165) is 61.8 Å². The summed E-state index contributed by atoms with van der Waals surface area (Å²) in [6.07, 6.45) is 0. The summed E-state index contributed by atoms with van der Waals surface area (Å²) in [7, 11) is 0. The standard InChI is InChI=1S/C52H35NO/c1-4-15-36(16-5-1)37-27-29-42(30-28-37)53(49-26-13-12-23-44(49)38-17-6-2-7-18-38)43-31-32-47-51(35-43)54-50-34-41-22-11-10-21-40(41)33-48(50)46-25-14-24-45(52(46)47)39-19-8-3-9-20-39/h1-35H. The topological polar surface area (TPSA) is 12.5 Å². The summed E-state index contributed by atoms with van der Waals surface area (Å²) in [5.74, 6) is 1.66. The Morgan fingerprint density at radius 3 is 1.54 bits per heavy atom. The van der Waals surface area contributed by atoms with Gasteiger partial charge in [0.1, 0.15) is 11.5 Å². The molecule has 9 aromatic carbocycles. The first kappa shape index (κ1) is 31.6. The molecule has 1 aliphatic rings. The van der Waals surface area contributed by atoms with E-state index in [0.29, 0.717) is 0 Å². The Bertz CT molecular complexity index is 2770. The molecule has 0 aromatic heterocycles. The van der Waals surface area contributed by atoms with Crippen LogP contribution in [0.1, 0.15) is 0 Å². The molecular formula is C52H35NO. The second kappa shape index (κ2) is 13.4. The normalized spacial score (nSPS) is 11.5. The highest BCUT2D eigenvalue weighted by atomic mass is 16.5. The lowest BCUT2D eigenvalue weighted by Gasteiger charge is -2.29. The summed E-state index contributed by atoms with van der Waals surface area (Å²) >= 11 is 0. The van der Waals surface area contributed by atoms with E-state index in [1.807, 2.05) is 0 Å². The summed E-state index contributed by atoms with van der Waals surface area (Å²) in [5.41, 5.74) is 14.6. The fraction of sp³-hybridized carbons (Fsp3) is 0. The van der Waals surface area contributed by atoms with Crippen molar-refractivity contribution in [3.05, 3.63) is 212 Å². The molecular weight excluding hydrogens is 655 g/mol. The number of nitrogens with zero attached hydrogens (tertiary/aromatic N) is 1. The molecule has 0 bridgehead atoms. The minimum atomic E-state index is 0.814. The first-order valence-corrected chi connectivity index (χ1v) is 18.4. The third-order valence-corrected chi connectivity index (χ3v) is 10.5. The van der Waals surface area contributed by atoms with Crippen molar-refractivity contribution in [3.63, 3.8) is 0 Å². The number of anilines is 3. The van der Waals surface area contributed by atoms with Gasteiger partial charge < -0.3 is 9.64 Å². The highest BCUT2D eigenvalue weighted by Crippen LogP contribution is 2.53. The Morgan fingerprint density at radius 1 is 0.296 bits per heavy atom. The molecule has 0 unspecified atom stereocenters. The van der Waals surface area contributed by atoms with Crippen LogP contribution in [-0.2, 0) is 0 Å². The quantitative estimate of drug-likeness (QED) is 0.172. The highest BCUT2D eigenvalue weighted by Gasteiger charge is 2.26. The zero-order chi connectivity index (χ0) is 35.8. The lowest BCUT2D eigenvalue weighted by Crippen LogP contribution is -2.11. The van der Waals surface area contributed by atoms with Crippen molar-refractivity contribution in [3.8, 4) is 67.1 Å². The van der Waals surface area contributed by atoms with E-state index in [2.05, 4.69) is 217 Å². The Labute approximate surface area is 315 Å². The summed E-state index contributed by atoms with van der Waals surface area (Å²) in [4.78, 5) is 2.36. The Balaban J connectivity index is 1.20. The van der Waals surface area contributed by atoms with Crippen LogP contribution in [0.25, 0.3) is 66.4 Å². The number of para-hydroxylation sites is 1. The third-order valence-electron chi connectivity index (χ3n) is 10.5. The molecule has 0 saturated heterocycles. The van der Waals surface area contributed by atoms with E-state index in [1.54, 1.807) is 0 Å². The van der Waals surface area contributed by atoms with Crippen LogP contribution in [0.2, 0.25) is 0 Å². The number of hydrogen-bond acceptors (Lipinski definition) is 2. The van der Waals surface area contributed by atoms with Crippen molar-refractivity contribution in [1.29, 1.82) is 0 Å². The largest absolute Gasteiger partial charge is 0.456 e. The molecule has 0 spiro atoms. The van der Waals surface area contributed by atoms with Crippen molar-refractivity contribution in [2.45, 2.75) is 0 Å². The zero-order valence-electron chi connectivity index (χ0n) is 29.6. The van der Waals surface area contributed by atoms with Gasteiger partial charge in [-0.1, -0.05) is 164 Å². The number of ether oxygens (including phenoxy) is 1. The fourth-order valence-electron chi connectivity index (χ4n) is 7.89. The van der Waals surface area contributed by atoms with Crippen molar-refractivity contribution in [2.75, 3.05) is 4.90 Å². The van der Waals surface area contributed by atoms with E-state index in [1.165, 1.54) is 33.2 Å². The van der Waals surface area contributed by atoms with Crippen LogP contribution in [0.5, 0.6) is 11.5 Å². The van der Waals surface area contributed by atoms with Gasteiger partial charge in [-0.05, 0) is 86.6 Å². The van der Waals surface area contributed by atoms with Crippen LogP contribution in [-0.4, -0.2) is 0 Å². The van der Waals surface area contributed by atoms with Gasteiger partial charge in [-0.15, -0.1) is 0 Å². The van der Waals surface area contributed by atoms with Crippen molar-refractivity contribution in [2.24, 2.45) is 0 Å². The van der Waals surface area contributed by atoms with Gasteiger partial charge in [0.05, 0.1) is 5.69 Å². The molecule has 54 heavy (non-hydrogen) atoms. The van der Waals surface area contributed by atoms with Crippen LogP contribution in [0.3, 0.4) is 0 Å². The molecule has 0 radical (unpaired) electrons. The van der Waals surface area contributed by atoms with E-state index in [9.17, 15) is 0 Å². The molecule has 2 nitrogen and oxygen atoms in total. The smallest absolute Gasteiger partial charge is 0.137 e. The fourth-order valence-corrected chi connectivity index (χ4v) is 7.89. The second-order valence-corrected chi connectivity index (χ2v) is 13.7. The van der Waals surface area contributed by atoms with Crippen molar-refractivity contribution in [1.82, 2.24) is 0 Å². The maximum atomic E-state index is 7.11. The highest BCUT2D eigenvalue weighted by molar-refractivity contribution is 6.02. The molecule has 0 atom stereocenters. The van der Waals surface area contributed by atoms with Crippen LogP contribution < -0.4 is 9.64 Å². The number of benzene rings is 9. The molecule has 0 N–H and O–H groups in total. The summed E-state index contributed by atoms with van der Waals surface area (Å²) in [6.45, 7) is 0. The van der Waals surface area contributed by atoms with Gasteiger partial charge in [0, 0.05) is 39.7 Å². The van der Waals surface area contributed by atoms with Crippen LogP contribution >= 0.6 is 0 Å². The Kier molecular flexibility index (Phi) is 7.85. The second-order valence-electron chi connectivity index (χ2n) is 13.7. The molecule has 2 heteroatoms. The summed E-state index contributed by atoms with van der Waals surface area (Å²) < 4.78 is 7.11. The van der Waals surface area contributed by atoms with E-state index < -0.39 is 0 Å². The maximum Gasteiger partial charge on any atom is 0.137 e. The van der Waals surface area contributed by atoms with Gasteiger partial charge in [-0.3, -0.25) is 0 Å². The summed E-state index contributed by atoms with van der Waals surface area (Å²) in [5, 5.41) is 2.33. The molecule has 10 rings (SSSR count). The van der Waals surface area contributed by atoms with Gasteiger partial charge in [0.2, 0.25) is 0 Å². The monoisotopic (exact) mass is 689 g/mol. The lowest BCUT2D eigenvalue weighted by atomic mass is 9.87. The number of hydrogen-bond donors (Lipinski definition) is 0. The Morgan fingerprint density at radius 2 is 0.815 bits per heavy atom. The Hall–Kier alpha value is -7.16. The average molecular weight is 690 g/mol. The first-order valence-electron chi connectivity index (χ1n) is 18.4. The molecule has 0 aliphatic carbocycles. The van der Waals surface area contributed by atoms with Crippen LogP contribution in [0.4, 0.5) is 17.1 Å². The zero-order valence-corrected chi connectivity index (χ0v) is 29.6. The maximum absolute atomic E-state index is 7.11. The van der Waals surface area contributed by atoms with Gasteiger partial charge in [-0.25, -0.2) is 0 Å². The molecule has 1 aliphatic heterocycles. The van der Waals surface area contributed by atoms with Gasteiger partial charge in [0.25, 0.3) is 0 Å². The van der Waals surface area contributed by atoms with E-state index in [-0.39, 0.29) is 0 Å². The molecule has 0 saturated carbocycles. The number of fused-ring (bicyclic) bond motifs is 6. The molecule has 254 valence electrons. The average Bonchev–Trinajstić information content (AvgIpc) is 3.38. The van der Waals surface area contributed by atoms with Crippen molar-refractivity contribution >= 4 is 27.8 Å². The third kappa shape index (κ3) is 5.62. The van der Waals surface area contributed by atoms with E-state index in [4.69, 9.17) is 4.74 Å². The molecule has 1 heterocycles. The summed E-state index contributed by atoms with van der Waals surface area (Å²) in [6, 6.07) is 75.7. The van der Waals surface area contributed by atoms with Crippen LogP contribution in [0.15, 0.2) is 212 Å². The molecule has 0 fully saturated rings. The molecule has 9 aromatic rings. The number of rotatable bonds is 6. The molecule has 0 amide bonds.